The van der Waals surface area contributed by atoms with Crippen molar-refractivity contribution in [3.63, 3.8) is 0 Å². The number of rotatable bonds is 7. The maximum Gasteiger partial charge on any atom is 0.0194 e. The molecule has 1 heterocycles. The van der Waals surface area contributed by atoms with Gasteiger partial charge in [-0.2, -0.15) is 0 Å². The fourth-order valence-electron chi connectivity index (χ4n) is 2.94. The summed E-state index contributed by atoms with van der Waals surface area (Å²) in [7, 11) is 0. The Hall–Kier alpha value is -0.0800. The van der Waals surface area contributed by atoms with E-state index in [9.17, 15) is 0 Å². The summed E-state index contributed by atoms with van der Waals surface area (Å²) in [6, 6.07) is 1.56. The maximum atomic E-state index is 3.63. The normalized spacial score (nSPS) is 24.6. The van der Waals surface area contributed by atoms with E-state index in [-0.39, 0.29) is 0 Å². The van der Waals surface area contributed by atoms with Gasteiger partial charge in [0.25, 0.3) is 0 Å². The van der Waals surface area contributed by atoms with E-state index in [1.807, 2.05) is 0 Å². The Morgan fingerprint density at radius 3 is 2.69 bits per heavy atom. The van der Waals surface area contributed by atoms with E-state index >= 15 is 0 Å². The van der Waals surface area contributed by atoms with E-state index < -0.39 is 0 Å². The molecule has 0 bridgehead atoms. The first-order valence-electron chi connectivity index (χ1n) is 7.29. The number of likely N-dealkylation sites (N-methyl/N-ethyl adjacent to an activating group) is 1. The van der Waals surface area contributed by atoms with Crippen LogP contribution in [0.5, 0.6) is 0 Å². The fourth-order valence-corrected chi connectivity index (χ4v) is 2.94. The zero-order chi connectivity index (χ0) is 11.8. The molecule has 16 heavy (non-hydrogen) atoms. The fraction of sp³-hybridized carbons (Fsp3) is 1.00. The Morgan fingerprint density at radius 2 is 2.06 bits per heavy atom. The summed E-state index contributed by atoms with van der Waals surface area (Å²) >= 11 is 0. The third kappa shape index (κ3) is 4.42. The van der Waals surface area contributed by atoms with Crippen molar-refractivity contribution in [3.8, 4) is 0 Å². The van der Waals surface area contributed by atoms with Gasteiger partial charge in [0.05, 0.1) is 0 Å². The second kappa shape index (κ2) is 8.08. The summed E-state index contributed by atoms with van der Waals surface area (Å²) in [6.45, 7) is 10.5. The zero-order valence-corrected chi connectivity index (χ0v) is 11.5. The number of hydrogen-bond donors (Lipinski definition) is 1. The van der Waals surface area contributed by atoms with Gasteiger partial charge in [0.2, 0.25) is 0 Å². The number of nitrogens with one attached hydrogen (secondary N) is 1. The lowest BCUT2D eigenvalue weighted by Gasteiger charge is -2.37. The SMILES string of the molecule is CCCC(CN1CCCCC1CC)NCC. The van der Waals surface area contributed by atoms with Crippen LogP contribution in [-0.4, -0.2) is 36.6 Å². The molecule has 2 atom stereocenters. The summed E-state index contributed by atoms with van der Waals surface area (Å²) in [4.78, 5) is 2.73. The first kappa shape index (κ1) is 14.0. The van der Waals surface area contributed by atoms with E-state index in [1.54, 1.807) is 0 Å². The van der Waals surface area contributed by atoms with E-state index in [0.29, 0.717) is 6.04 Å². The van der Waals surface area contributed by atoms with Crippen molar-refractivity contribution in [2.45, 2.75) is 71.4 Å². The van der Waals surface area contributed by atoms with Crippen molar-refractivity contribution in [3.05, 3.63) is 0 Å². The van der Waals surface area contributed by atoms with Crippen molar-refractivity contribution in [2.75, 3.05) is 19.6 Å². The first-order chi connectivity index (χ1) is 7.81. The van der Waals surface area contributed by atoms with Crippen molar-refractivity contribution in [1.82, 2.24) is 10.2 Å². The third-order valence-corrected chi connectivity index (χ3v) is 3.81. The van der Waals surface area contributed by atoms with Crippen LogP contribution in [0.15, 0.2) is 0 Å². The standard InChI is InChI=1S/C14H30N2/c1-4-9-13(15-6-3)12-16-11-8-7-10-14(16)5-2/h13-15H,4-12H2,1-3H3. The van der Waals surface area contributed by atoms with Gasteiger partial charge < -0.3 is 5.32 Å². The quantitative estimate of drug-likeness (QED) is 0.718. The highest BCUT2D eigenvalue weighted by atomic mass is 15.2. The van der Waals surface area contributed by atoms with Crippen LogP contribution >= 0.6 is 0 Å². The molecule has 96 valence electrons. The number of hydrogen-bond acceptors (Lipinski definition) is 2. The van der Waals surface area contributed by atoms with Crippen LogP contribution in [0.3, 0.4) is 0 Å². The van der Waals surface area contributed by atoms with Crippen molar-refractivity contribution in [2.24, 2.45) is 0 Å². The van der Waals surface area contributed by atoms with E-state index in [0.717, 1.165) is 12.6 Å². The lowest BCUT2D eigenvalue weighted by atomic mass is 9.98. The van der Waals surface area contributed by atoms with E-state index in [4.69, 9.17) is 0 Å². The average Bonchev–Trinajstić information content (AvgIpc) is 2.30. The summed E-state index contributed by atoms with van der Waals surface area (Å²) in [5, 5.41) is 3.63. The Morgan fingerprint density at radius 1 is 1.25 bits per heavy atom. The van der Waals surface area contributed by atoms with Crippen molar-refractivity contribution in [1.29, 1.82) is 0 Å². The monoisotopic (exact) mass is 226 g/mol. The molecule has 0 spiro atoms. The first-order valence-corrected chi connectivity index (χ1v) is 7.29. The van der Waals surface area contributed by atoms with E-state index in [1.165, 1.54) is 51.6 Å². The third-order valence-electron chi connectivity index (χ3n) is 3.81. The number of nitrogens with zero attached hydrogens (tertiary/aromatic N) is 1. The highest BCUT2D eigenvalue weighted by Crippen LogP contribution is 2.20. The molecule has 0 amide bonds. The van der Waals surface area contributed by atoms with Crippen LogP contribution in [0.4, 0.5) is 0 Å². The number of likely N-dealkylation sites (tertiary alicyclic amines) is 1. The summed E-state index contributed by atoms with van der Waals surface area (Å²) in [5.74, 6) is 0. The van der Waals surface area contributed by atoms with Crippen LogP contribution in [0.2, 0.25) is 0 Å². The van der Waals surface area contributed by atoms with Gasteiger partial charge in [0.1, 0.15) is 0 Å². The lowest BCUT2D eigenvalue weighted by molar-refractivity contribution is 0.127. The van der Waals surface area contributed by atoms with Gasteiger partial charge >= 0.3 is 0 Å². The van der Waals surface area contributed by atoms with Crippen molar-refractivity contribution >= 4 is 0 Å². The topological polar surface area (TPSA) is 15.3 Å². The molecule has 0 saturated carbocycles. The molecule has 1 saturated heterocycles. The summed E-state index contributed by atoms with van der Waals surface area (Å²) in [6.07, 6.45) is 8.20. The van der Waals surface area contributed by atoms with Gasteiger partial charge in [-0.1, -0.05) is 33.6 Å². The Balaban J connectivity index is 2.40. The highest BCUT2D eigenvalue weighted by Gasteiger charge is 2.22. The molecule has 1 N–H and O–H groups in total. The minimum Gasteiger partial charge on any atom is -0.313 e. The van der Waals surface area contributed by atoms with Gasteiger partial charge in [-0.05, 0) is 38.8 Å². The summed E-state index contributed by atoms with van der Waals surface area (Å²) in [5.41, 5.74) is 0. The highest BCUT2D eigenvalue weighted by molar-refractivity contribution is 4.80. The minimum absolute atomic E-state index is 0.710. The molecule has 0 aromatic carbocycles. The molecule has 2 nitrogen and oxygen atoms in total. The molecule has 0 aromatic heterocycles. The molecule has 1 aliphatic rings. The minimum atomic E-state index is 0.710. The molecule has 1 fully saturated rings. The smallest absolute Gasteiger partial charge is 0.0194 e. The molecule has 2 heteroatoms. The van der Waals surface area contributed by atoms with Crippen LogP contribution in [-0.2, 0) is 0 Å². The van der Waals surface area contributed by atoms with Gasteiger partial charge in [0.15, 0.2) is 0 Å². The average molecular weight is 226 g/mol. The molecule has 2 unspecified atom stereocenters. The lowest BCUT2D eigenvalue weighted by Crippen LogP contribution is -2.47. The Labute approximate surface area is 102 Å². The van der Waals surface area contributed by atoms with Gasteiger partial charge in [-0.15, -0.1) is 0 Å². The molecule has 1 aliphatic heterocycles. The molecule has 1 rings (SSSR count). The van der Waals surface area contributed by atoms with Crippen LogP contribution < -0.4 is 5.32 Å². The second-order valence-corrected chi connectivity index (χ2v) is 5.10. The predicted molar refractivity (Wildman–Crippen MR) is 71.9 cm³/mol. The van der Waals surface area contributed by atoms with Gasteiger partial charge in [0, 0.05) is 18.6 Å². The van der Waals surface area contributed by atoms with E-state index in [2.05, 4.69) is 31.0 Å². The number of piperidine rings is 1. The Bertz CT molecular complexity index is 164. The summed E-state index contributed by atoms with van der Waals surface area (Å²) < 4.78 is 0. The van der Waals surface area contributed by atoms with Crippen LogP contribution in [0.1, 0.15) is 59.3 Å². The van der Waals surface area contributed by atoms with Crippen LogP contribution in [0.25, 0.3) is 0 Å². The van der Waals surface area contributed by atoms with Crippen molar-refractivity contribution < 1.29 is 0 Å². The molecule has 0 aliphatic carbocycles. The van der Waals surface area contributed by atoms with Gasteiger partial charge in [-0.3, -0.25) is 4.90 Å². The second-order valence-electron chi connectivity index (χ2n) is 5.10. The van der Waals surface area contributed by atoms with Gasteiger partial charge in [-0.25, -0.2) is 0 Å². The van der Waals surface area contributed by atoms with Crippen LogP contribution in [0, 0.1) is 0 Å². The largest absolute Gasteiger partial charge is 0.313 e. The molecule has 0 radical (unpaired) electrons. The molecule has 0 aromatic rings. The molecular formula is C14H30N2. The predicted octanol–water partition coefficient (Wildman–Crippen LogP) is 3.03. The Kier molecular flexibility index (Phi) is 7.06. The maximum absolute atomic E-state index is 3.63. The molecular weight excluding hydrogens is 196 g/mol. The zero-order valence-electron chi connectivity index (χ0n) is 11.5.